The van der Waals surface area contributed by atoms with E-state index < -0.39 is 0 Å². The van der Waals surface area contributed by atoms with E-state index >= 15 is 0 Å². The lowest BCUT2D eigenvalue weighted by Crippen LogP contribution is -2.54. The first-order valence-corrected chi connectivity index (χ1v) is 8.61. The number of hydrogen-bond acceptors (Lipinski definition) is 4. The minimum atomic E-state index is -0.195. The van der Waals surface area contributed by atoms with E-state index in [4.69, 9.17) is 4.74 Å². The van der Waals surface area contributed by atoms with E-state index in [0.717, 1.165) is 26.2 Å². The molecule has 1 aliphatic heterocycles. The van der Waals surface area contributed by atoms with Crippen LogP contribution < -0.4 is 15.4 Å². The molecule has 6 nitrogen and oxygen atoms in total. The Bertz CT molecular complexity index is 528. The summed E-state index contributed by atoms with van der Waals surface area (Å²) < 4.78 is 5.26. The zero-order valence-corrected chi connectivity index (χ0v) is 15.2. The number of benzene rings is 1. The fourth-order valence-corrected chi connectivity index (χ4v) is 3.05. The number of amides is 2. The van der Waals surface area contributed by atoms with Gasteiger partial charge < -0.3 is 20.3 Å². The number of hydrogen-bond donors (Lipinski definition) is 2. The summed E-state index contributed by atoms with van der Waals surface area (Å²) in [4.78, 5) is 17.1. The molecule has 6 heteroatoms. The average molecular weight is 334 g/mol. The topological polar surface area (TPSA) is 56.8 Å². The Morgan fingerprint density at radius 1 is 1.21 bits per heavy atom. The van der Waals surface area contributed by atoms with Crippen molar-refractivity contribution < 1.29 is 9.53 Å². The molecule has 1 atom stereocenters. The van der Waals surface area contributed by atoms with E-state index in [-0.39, 0.29) is 6.03 Å². The predicted octanol–water partition coefficient (Wildman–Crippen LogP) is 2.09. The Hall–Kier alpha value is -1.79. The Balaban J connectivity index is 1.88. The molecule has 2 rings (SSSR count). The number of nitrogens with one attached hydrogen (secondary N) is 2. The number of para-hydroxylation sites is 2. The zero-order chi connectivity index (χ0) is 17.5. The van der Waals surface area contributed by atoms with Crippen LogP contribution in [-0.4, -0.2) is 68.8 Å². The quantitative estimate of drug-likeness (QED) is 0.836. The van der Waals surface area contributed by atoms with Crippen molar-refractivity contribution in [3.8, 4) is 5.75 Å². The summed E-state index contributed by atoms with van der Waals surface area (Å²) in [6.07, 6.45) is 0. The van der Waals surface area contributed by atoms with E-state index in [9.17, 15) is 4.79 Å². The van der Waals surface area contributed by atoms with E-state index in [1.54, 1.807) is 7.11 Å². The number of urea groups is 1. The number of piperazine rings is 1. The molecule has 1 aromatic carbocycles. The molecular weight excluding hydrogens is 304 g/mol. The number of methoxy groups -OCH3 is 1. The lowest BCUT2D eigenvalue weighted by molar-refractivity contribution is 0.0890. The smallest absolute Gasteiger partial charge is 0.319 e. The van der Waals surface area contributed by atoms with Crippen LogP contribution >= 0.6 is 0 Å². The molecule has 1 aromatic rings. The van der Waals surface area contributed by atoms with Gasteiger partial charge in [0.2, 0.25) is 0 Å². The largest absolute Gasteiger partial charge is 0.495 e. The highest BCUT2D eigenvalue weighted by atomic mass is 16.5. The number of ether oxygens (including phenoxy) is 1. The summed E-state index contributed by atoms with van der Waals surface area (Å²) in [5.74, 6) is 1.15. The number of carbonyl (C=O) groups is 1. The molecule has 0 saturated carbocycles. The Labute approximate surface area is 145 Å². The second-order valence-corrected chi connectivity index (χ2v) is 6.69. The third kappa shape index (κ3) is 5.11. The molecule has 1 fully saturated rings. The van der Waals surface area contributed by atoms with Crippen LogP contribution in [0.5, 0.6) is 5.75 Å². The van der Waals surface area contributed by atoms with Gasteiger partial charge in [-0.3, -0.25) is 4.90 Å². The minimum Gasteiger partial charge on any atom is -0.495 e. The predicted molar refractivity (Wildman–Crippen MR) is 97.7 cm³/mol. The van der Waals surface area contributed by atoms with Gasteiger partial charge in [-0.05, 0) is 25.1 Å². The Morgan fingerprint density at radius 3 is 2.50 bits per heavy atom. The molecule has 1 saturated heterocycles. The van der Waals surface area contributed by atoms with Crippen molar-refractivity contribution in [1.82, 2.24) is 15.1 Å². The molecule has 1 heterocycles. The van der Waals surface area contributed by atoms with Gasteiger partial charge in [-0.2, -0.15) is 0 Å². The lowest BCUT2D eigenvalue weighted by Gasteiger charge is -2.39. The van der Waals surface area contributed by atoms with Crippen molar-refractivity contribution in [3.05, 3.63) is 24.3 Å². The molecule has 1 unspecified atom stereocenters. The molecule has 0 aromatic heterocycles. The van der Waals surface area contributed by atoms with Crippen molar-refractivity contribution in [1.29, 1.82) is 0 Å². The summed E-state index contributed by atoms with van der Waals surface area (Å²) in [5.41, 5.74) is 0.679. The van der Waals surface area contributed by atoms with E-state index in [1.165, 1.54) is 0 Å². The molecule has 2 amide bonds. The molecule has 24 heavy (non-hydrogen) atoms. The standard InChI is InChI=1S/C18H30N4O2/c1-14(2)16(22-11-9-21(3)10-12-22)13-19-18(23)20-15-7-5-6-8-17(15)24-4/h5-8,14,16H,9-13H2,1-4H3,(H2,19,20,23). The normalized spacial score (nSPS) is 17.5. The van der Waals surface area contributed by atoms with Crippen LogP contribution in [0.3, 0.4) is 0 Å². The zero-order valence-electron chi connectivity index (χ0n) is 15.2. The molecule has 0 spiro atoms. The van der Waals surface area contributed by atoms with Crippen LogP contribution in [0.1, 0.15) is 13.8 Å². The Kier molecular flexibility index (Phi) is 6.87. The summed E-state index contributed by atoms with van der Waals surface area (Å²) in [7, 11) is 3.75. The number of anilines is 1. The minimum absolute atomic E-state index is 0.195. The van der Waals surface area contributed by atoms with Gasteiger partial charge in [0.05, 0.1) is 12.8 Å². The van der Waals surface area contributed by atoms with Gasteiger partial charge in [-0.1, -0.05) is 26.0 Å². The third-order valence-corrected chi connectivity index (χ3v) is 4.60. The van der Waals surface area contributed by atoms with Crippen LogP contribution in [-0.2, 0) is 0 Å². The number of nitrogens with zero attached hydrogens (tertiary/aromatic N) is 2. The number of likely N-dealkylation sites (N-methyl/N-ethyl adjacent to an activating group) is 1. The first-order valence-electron chi connectivity index (χ1n) is 8.61. The van der Waals surface area contributed by atoms with E-state index in [1.807, 2.05) is 24.3 Å². The van der Waals surface area contributed by atoms with Crippen molar-refractivity contribution in [2.75, 3.05) is 52.2 Å². The first-order chi connectivity index (χ1) is 11.5. The number of rotatable bonds is 6. The van der Waals surface area contributed by atoms with E-state index in [2.05, 4.69) is 41.3 Å². The van der Waals surface area contributed by atoms with Crippen LogP contribution in [0.25, 0.3) is 0 Å². The highest BCUT2D eigenvalue weighted by molar-refractivity contribution is 5.90. The fourth-order valence-electron chi connectivity index (χ4n) is 3.05. The van der Waals surface area contributed by atoms with E-state index in [0.29, 0.717) is 29.9 Å². The average Bonchev–Trinajstić information content (AvgIpc) is 2.57. The molecular formula is C18H30N4O2. The fraction of sp³-hybridized carbons (Fsp3) is 0.611. The lowest BCUT2D eigenvalue weighted by atomic mass is 10.0. The van der Waals surface area contributed by atoms with Gasteiger partial charge in [0, 0.05) is 38.8 Å². The summed E-state index contributed by atoms with van der Waals surface area (Å²) >= 11 is 0. The highest BCUT2D eigenvalue weighted by Gasteiger charge is 2.25. The highest BCUT2D eigenvalue weighted by Crippen LogP contribution is 2.22. The second-order valence-electron chi connectivity index (χ2n) is 6.69. The van der Waals surface area contributed by atoms with Crippen molar-refractivity contribution in [2.24, 2.45) is 5.92 Å². The molecule has 1 aliphatic rings. The van der Waals surface area contributed by atoms with Crippen LogP contribution in [0.15, 0.2) is 24.3 Å². The maximum Gasteiger partial charge on any atom is 0.319 e. The SMILES string of the molecule is COc1ccccc1NC(=O)NCC(C(C)C)N1CCN(C)CC1. The maximum absolute atomic E-state index is 12.2. The molecule has 2 N–H and O–H groups in total. The Morgan fingerprint density at radius 2 is 1.88 bits per heavy atom. The van der Waals surface area contributed by atoms with Gasteiger partial charge in [0.15, 0.2) is 0 Å². The molecule has 0 aliphatic carbocycles. The first kappa shape index (κ1) is 18.5. The summed E-state index contributed by atoms with van der Waals surface area (Å²) in [6.45, 7) is 9.32. The summed E-state index contributed by atoms with van der Waals surface area (Å²) in [6, 6.07) is 7.57. The van der Waals surface area contributed by atoms with Gasteiger partial charge in [0.1, 0.15) is 5.75 Å². The molecule has 0 radical (unpaired) electrons. The maximum atomic E-state index is 12.2. The third-order valence-electron chi connectivity index (χ3n) is 4.60. The van der Waals surface area contributed by atoms with Crippen molar-refractivity contribution in [2.45, 2.75) is 19.9 Å². The number of carbonyl (C=O) groups excluding carboxylic acids is 1. The van der Waals surface area contributed by atoms with Crippen LogP contribution in [0, 0.1) is 5.92 Å². The van der Waals surface area contributed by atoms with Crippen LogP contribution in [0.2, 0.25) is 0 Å². The van der Waals surface area contributed by atoms with Gasteiger partial charge in [-0.25, -0.2) is 4.79 Å². The van der Waals surface area contributed by atoms with Gasteiger partial charge >= 0.3 is 6.03 Å². The van der Waals surface area contributed by atoms with Crippen LogP contribution in [0.4, 0.5) is 10.5 Å². The van der Waals surface area contributed by atoms with Gasteiger partial charge in [0.25, 0.3) is 0 Å². The molecule has 0 bridgehead atoms. The van der Waals surface area contributed by atoms with Crippen molar-refractivity contribution in [3.63, 3.8) is 0 Å². The van der Waals surface area contributed by atoms with Gasteiger partial charge in [-0.15, -0.1) is 0 Å². The van der Waals surface area contributed by atoms with Crippen molar-refractivity contribution >= 4 is 11.7 Å². The summed E-state index contributed by atoms with van der Waals surface area (Å²) in [5, 5.41) is 5.88. The second kappa shape index (κ2) is 8.89. The molecule has 134 valence electrons. The monoisotopic (exact) mass is 334 g/mol.